The summed E-state index contributed by atoms with van der Waals surface area (Å²) < 4.78 is 0. The van der Waals surface area contributed by atoms with Gasteiger partial charge in [-0.1, -0.05) is 23.8 Å². The zero-order valence-electron chi connectivity index (χ0n) is 18.1. The fourth-order valence-electron chi connectivity index (χ4n) is 3.14. The molecule has 0 bridgehead atoms. The van der Waals surface area contributed by atoms with Crippen molar-refractivity contribution in [2.45, 2.75) is 27.7 Å². The van der Waals surface area contributed by atoms with E-state index in [-0.39, 0.29) is 37.4 Å². The monoisotopic (exact) mass is 411 g/mol. The number of hydrogen-bond acceptors (Lipinski definition) is 5. The molecule has 0 aliphatic rings. The Kier molecular flexibility index (Phi) is 8.06. The van der Waals surface area contributed by atoms with E-state index in [2.05, 4.69) is 20.9 Å². The van der Waals surface area contributed by atoms with Gasteiger partial charge in [-0.25, -0.2) is 4.98 Å². The summed E-state index contributed by atoms with van der Waals surface area (Å²) in [6.07, 6.45) is 0. The molecule has 1 aromatic heterocycles. The third-order valence-corrected chi connectivity index (χ3v) is 4.37. The Labute approximate surface area is 177 Å². The van der Waals surface area contributed by atoms with E-state index in [4.69, 9.17) is 0 Å². The van der Waals surface area contributed by atoms with Crippen LogP contribution in [0.1, 0.15) is 22.4 Å². The minimum atomic E-state index is -0.341. The molecule has 1 aromatic carbocycles. The molecule has 0 fully saturated rings. The maximum absolute atomic E-state index is 12.2. The van der Waals surface area contributed by atoms with Gasteiger partial charge in [-0.05, 0) is 58.0 Å². The van der Waals surface area contributed by atoms with Crippen LogP contribution in [0.15, 0.2) is 30.3 Å². The fourth-order valence-corrected chi connectivity index (χ4v) is 3.14. The number of aryl methyl sites for hydroxylation is 4. The summed E-state index contributed by atoms with van der Waals surface area (Å²) in [6, 6.07) is 9.33. The van der Waals surface area contributed by atoms with Crippen molar-refractivity contribution in [1.29, 1.82) is 0 Å². The highest BCUT2D eigenvalue weighted by atomic mass is 16.2. The first-order chi connectivity index (χ1) is 14.1. The van der Waals surface area contributed by atoms with Gasteiger partial charge in [0, 0.05) is 11.4 Å². The van der Waals surface area contributed by atoms with Gasteiger partial charge in [-0.3, -0.25) is 19.3 Å². The van der Waals surface area contributed by atoms with Gasteiger partial charge in [-0.2, -0.15) is 0 Å². The maximum Gasteiger partial charge on any atom is 0.243 e. The first-order valence-electron chi connectivity index (χ1n) is 9.70. The Hall–Kier alpha value is -3.26. The number of aromatic nitrogens is 1. The molecule has 8 nitrogen and oxygen atoms in total. The molecule has 0 saturated heterocycles. The number of benzene rings is 1. The van der Waals surface area contributed by atoms with Crippen molar-refractivity contribution >= 4 is 29.2 Å². The molecular formula is C22H29N5O3. The third kappa shape index (κ3) is 7.29. The molecule has 0 radical (unpaired) electrons. The van der Waals surface area contributed by atoms with Gasteiger partial charge in [0.25, 0.3) is 0 Å². The second kappa shape index (κ2) is 10.5. The van der Waals surface area contributed by atoms with Crippen molar-refractivity contribution in [3.8, 4) is 0 Å². The van der Waals surface area contributed by atoms with Crippen molar-refractivity contribution < 1.29 is 14.4 Å². The number of carbonyl (C=O) groups excluding carboxylic acids is 3. The fraction of sp³-hybridized carbons (Fsp3) is 0.364. The van der Waals surface area contributed by atoms with Crippen LogP contribution in [0.2, 0.25) is 0 Å². The quantitative estimate of drug-likeness (QED) is 0.616. The van der Waals surface area contributed by atoms with Crippen molar-refractivity contribution in [2.75, 3.05) is 37.3 Å². The molecule has 2 rings (SSSR count). The van der Waals surface area contributed by atoms with Crippen LogP contribution in [0, 0.1) is 27.7 Å². The van der Waals surface area contributed by atoms with Gasteiger partial charge < -0.3 is 16.0 Å². The van der Waals surface area contributed by atoms with E-state index in [0.717, 1.165) is 28.1 Å². The van der Waals surface area contributed by atoms with E-state index in [0.29, 0.717) is 5.82 Å². The Morgan fingerprint density at radius 1 is 0.900 bits per heavy atom. The topological polar surface area (TPSA) is 103 Å². The molecule has 3 N–H and O–H groups in total. The molecule has 0 aliphatic carbocycles. The number of hydrogen-bond donors (Lipinski definition) is 3. The van der Waals surface area contributed by atoms with E-state index in [9.17, 15) is 14.4 Å². The summed E-state index contributed by atoms with van der Waals surface area (Å²) in [7, 11) is 1.65. The van der Waals surface area contributed by atoms with Crippen LogP contribution >= 0.6 is 0 Å². The molecule has 160 valence electrons. The highest BCUT2D eigenvalue weighted by Crippen LogP contribution is 2.21. The van der Waals surface area contributed by atoms with Gasteiger partial charge in [-0.15, -0.1) is 0 Å². The number of nitrogens with one attached hydrogen (secondary N) is 3. The molecule has 0 unspecified atom stereocenters. The number of carbonyl (C=O) groups is 3. The van der Waals surface area contributed by atoms with E-state index >= 15 is 0 Å². The summed E-state index contributed by atoms with van der Waals surface area (Å²) in [5, 5.41) is 8.11. The number of likely N-dealkylation sites (N-methyl/N-ethyl adjacent to an activating group) is 1. The maximum atomic E-state index is 12.2. The number of rotatable bonds is 8. The molecule has 0 spiro atoms. The highest BCUT2D eigenvalue weighted by molar-refractivity contribution is 5.96. The lowest BCUT2D eigenvalue weighted by atomic mass is 10.1. The number of amides is 3. The van der Waals surface area contributed by atoms with Crippen LogP contribution in [0.25, 0.3) is 0 Å². The van der Waals surface area contributed by atoms with E-state index in [1.807, 2.05) is 45.9 Å². The molecule has 3 amide bonds. The average molecular weight is 412 g/mol. The minimum Gasteiger partial charge on any atom is -0.346 e. The highest BCUT2D eigenvalue weighted by Gasteiger charge is 2.13. The molecule has 30 heavy (non-hydrogen) atoms. The van der Waals surface area contributed by atoms with Gasteiger partial charge in [0.2, 0.25) is 17.7 Å². The SMILES string of the molecule is Cc1cc(C)c(NC(=O)CNC(=O)CN(C)CC(=O)Nc2cccc(C)n2)c(C)c1. The Balaban J connectivity index is 1.75. The summed E-state index contributed by atoms with van der Waals surface area (Å²) in [5.41, 5.74) is 4.64. The Morgan fingerprint density at radius 3 is 2.17 bits per heavy atom. The molecule has 0 aliphatic heterocycles. The second-order valence-corrected chi connectivity index (χ2v) is 7.48. The van der Waals surface area contributed by atoms with Gasteiger partial charge in [0.15, 0.2) is 0 Å². The van der Waals surface area contributed by atoms with Gasteiger partial charge >= 0.3 is 0 Å². The summed E-state index contributed by atoms with van der Waals surface area (Å²) in [6.45, 7) is 7.57. The molecule has 0 atom stereocenters. The molecule has 1 heterocycles. The molecule has 0 saturated carbocycles. The largest absolute Gasteiger partial charge is 0.346 e. The van der Waals surface area contributed by atoms with E-state index in [1.165, 1.54) is 0 Å². The summed E-state index contributed by atoms with van der Waals surface area (Å²) in [4.78, 5) is 42.1. The standard InChI is InChI=1S/C22H29N5O3/c1-14-9-15(2)22(16(3)10-14)26-19(28)11-23-20(29)12-27(5)13-21(30)25-18-8-6-7-17(4)24-18/h6-10H,11-13H2,1-5H3,(H,23,29)(H,26,28)(H,24,25,30). The zero-order chi connectivity index (χ0) is 22.3. The summed E-state index contributed by atoms with van der Waals surface area (Å²) >= 11 is 0. The smallest absolute Gasteiger partial charge is 0.243 e. The van der Waals surface area contributed by atoms with Crippen molar-refractivity contribution in [3.63, 3.8) is 0 Å². The predicted molar refractivity (Wildman–Crippen MR) is 117 cm³/mol. The van der Waals surface area contributed by atoms with Crippen LogP contribution < -0.4 is 16.0 Å². The van der Waals surface area contributed by atoms with Crippen LogP contribution in [0.5, 0.6) is 0 Å². The van der Waals surface area contributed by atoms with Crippen molar-refractivity contribution in [3.05, 3.63) is 52.7 Å². The van der Waals surface area contributed by atoms with E-state index < -0.39 is 0 Å². The van der Waals surface area contributed by atoms with Crippen LogP contribution in [0.3, 0.4) is 0 Å². The number of pyridine rings is 1. The summed E-state index contributed by atoms with van der Waals surface area (Å²) in [5.74, 6) is -0.446. The van der Waals surface area contributed by atoms with Crippen LogP contribution in [-0.4, -0.2) is 54.3 Å². The number of nitrogens with zero attached hydrogens (tertiary/aromatic N) is 2. The van der Waals surface area contributed by atoms with Crippen molar-refractivity contribution in [2.24, 2.45) is 0 Å². The normalized spacial score (nSPS) is 10.6. The van der Waals surface area contributed by atoms with Gasteiger partial charge in [0.05, 0.1) is 19.6 Å². The van der Waals surface area contributed by atoms with Gasteiger partial charge in [0.1, 0.15) is 5.82 Å². The average Bonchev–Trinajstić information content (AvgIpc) is 2.62. The van der Waals surface area contributed by atoms with Crippen LogP contribution in [0.4, 0.5) is 11.5 Å². The lowest BCUT2D eigenvalue weighted by Crippen LogP contribution is -2.41. The first kappa shape index (κ1) is 23.0. The zero-order valence-corrected chi connectivity index (χ0v) is 18.1. The Bertz CT molecular complexity index is 919. The third-order valence-electron chi connectivity index (χ3n) is 4.37. The second-order valence-electron chi connectivity index (χ2n) is 7.48. The van der Waals surface area contributed by atoms with Crippen LogP contribution in [-0.2, 0) is 14.4 Å². The molecule has 8 heteroatoms. The minimum absolute atomic E-state index is 0.00939. The first-order valence-corrected chi connectivity index (χ1v) is 9.70. The Morgan fingerprint density at radius 2 is 1.53 bits per heavy atom. The molecule has 2 aromatic rings. The van der Waals surface area contributed by atoms with E-state index in [1.54, 1.807) is 24.1 Å². The molecular weight excluding hydrogens is 382 g/mol. The predicted octanol–water partition coefficient (Wildman–Crippen LogP) is 1.94. The lowest BCUT2D eigenvalue weighted by Gasteiger charge is -2.16. The lowest BCUT2D eigenvalue weighted by molar-refractivity contribution is -0.125. The number of anilines is 2. The van der Waals surface area contributed by atoms with Crippen molar-refractivity contribution in [1.82, 2.24) is 15.2 Å².